The summed E-state index contributed by atoms with van der Waals surface area (Å²) in [6.45, 7) is 1.86. The zero-order valence-corrected chi connectivity index (χ0v) is 14.9. The fourth-order valence-corrected chi connectivity index (χ4v) is 4.05. The molecule has 0 amide bonds. The molecule has 0 saturated heterocycles. The molecule has 0 aliphatic heterocycles. The van der Waals surface area contributed by atoms with Crippen molar-refractivity contribution in [1.29, 1.82) is 0 Å². The number of anilines is 2. The first-order valence-corrected chi connectivity index (χ1v) is 8.72. The van der Waals surface area contributed by atoms with Crippen LogP contribution in [0, 0.1) is 6.92 Å². The molecule has 2 aromatic heterocycles. The van der Waals surface area contributed by atoms with Crippen molar-refractivity contribution in [3.8, 4) is 5.75 Å². The number of aromatic hydroxyl groups is 1. The average Bonchev–Trinajstić information content (AvgIpc) is 3.00. The summed E-state index contributed by atoms with van der Waals surface area (Å²) in [5.41, 5.74) is 1.59. The Balaban J connectivity index is 1.88. The van der Waals surface area contributed by atoms with Crippen LogP contribution in [0.5, 0.6) is 5.75 Å². The van der Waals surface area contributed by atoms with Crippen LogP contribution in [-0.2, 0) is 4.74 Å². The lowest BCUT2D eigenvalue weighted by molar-refractivity contribution is 0.0605. The Labute approximate surface area is 153 Å². The number of phenols is 1. The van der Waals surface area contributed by atoms with E-state index in [1.165, 1.54) is 24.8 Å². The SMILES string of the molecule is COC(=O)c1sc2ncnc(Nc3cccc4c(O)cccc34)c2c1C. The van der Waals surface area contributed by atoms with E-state index in [1.54, 1.807) is 12.1 Å². The number of methoxy groups -OCH3 is 1. The lowest BCUT2D eigenvalue weighted by Gasteiger charge is -2.11. The van der Waals surface area contributed by atoms with E-state index in [0.29, 0.717) is 15.5 Å². The van der Waals surface area contributed by atoms with Gasteiger partial charge in [0, 0.05) is 16.5 Å². The van der Waals surface area contributed by atoms with Crippen molar-refractivity contribution in [2.45, 2.75) is 6.92 Å². The number of carbonyl (C=O) groups excluding carboxylic acids is 1. The van der Waals surface area contributed by atoms with Crippen LogP contribution in [0.2, 0.25) is 0 Å². The van der Waals surface area contributed by atoms with Gasteiger partial charge < -0.3 is 15.2 Å². The standard InChI is InChI=1S/C19H15N3O3S/c1-10-15-17(20-9-21-18(15)26-16(10)19(24)25-2)22-13-7-3-6-12-11(13)5-4-8-14(12)23/h3-9,23H,1-2H3,(H,20,21,22). The molecule has 0 bridgehead atoms. The summed E-state index contributed by atoms with van der Waals surface area (Å²) in [7, 11) is 1.36. The molecular formula is C19H15N3O3S. The van der Waals surface area contributed by atoms with Gasteiger partial charge in [-0.05, 0) is 24.6 Å². The van der Waals surface area contributed by atoms with Gasteiger partial charge in [0.15, 0.2) is 0 Å². The van der Waals surface area contributed by atoms with Gasteiger partial charge in [-0.25, -0.2) is 14.8 Å². The number of carbonyl (C=O) groups is 1. The Hall–Kier alpha value is -3.19. The van der Waals surface area contributed by atoms with Gasteiger partial charge in [0.2, 0.25) is 0 Å². The van der Waals surface area contributed by atoms with E-state index in [4.69, 9.17) is 4.74 Å². The number of benzene rings is 2. The fourth-order valence-electron chi connectivity index (χ4n) is 2.98. The summed E-state index contributed by atoms with van der Waals surface area (Å²) in [5.74, 6) is 0.444. The molecule has 26 heavy (non-hydrogen) atoms. The number of thiophene rings is 1. The van der Waals surface area contributed by atoms with E-state index in [-0.39, 0.29) is 11.7 Å². The summed E-state index contributed by atoms with van der Waals surface area (Å²) in [6, 6.07) is 11.0. The quantitative estimate of drug-likeness (QED) is 0.524. The number of phenolic OH excluding ortho intramolecular Hbond substituents is 1. The van der Waals surface area contributed by atoms with E-state index < -0.39 is 0 Å². The van der Waals surface area contributed by atoms with Gasteiger partial charge >= 0.3 is 5.97 Å². The maximum atomic E-state index is 12.0. The van der Waals surface area contributed by atoms with Gasteiger partial charge in [-0.2, -0.15) is 0 Å². The van der Waals surface area contributed by atoms with Gasteiger partial charge in [0.1, 0.15) is 27.6 Å². The minimum atomic E-state index is -0.383. The predicted octanol–water partition coefficient (Wildman–Crippen LogP) is 4.39. The molecule has 0 unspecified atom stereocenters. The summed E-state index contributed by atoms with van der Waals surface area (Å²) >= 11 is 1.28. The molecule has 6 nitrogen and oxygen atoms in total. The molecule has 0 radical (unpaired) electrons. The van der Waals surface area contributed by atoms with Gasteiger partial charge in [-0.1, -0.05) is 24.3 Å². The molecular weight excluding hydrogens is 350 g/mol. The lowest BCUT2D eigenvalue weighted by atomic mass is 10.1. The molecule has 2 N–H and O–H groups in total. The van der Waals surface area contributed by atoms with Crippen LogP contribution < -0.4 is 5.32 Å². The van der Waals surface area contributed by atoms with Crippen LogP contribution in [0.25, 0.3) is 21.0 Å². The molecule has 0 atom stereocenters. The normalized spacial score (nSPS) is 11.0. The van der Waals surface area contributed by atoms with Gasteiger partial charge in [-0.15, -0.1) is 11.3 Å². The smallest absolute Gasteiger partial charge is 0.348 e. The number of fused-ring (bicyclic) bond motifs is 2. The molecule has 4 rings (SSSR count). The van der Waals surface area contributed by atoms with Crippen molar-refractivity contribution >= 4 is 49.8 Å². The van der Waals surface area contributed by atoms with Gasteiger partial charge in [0.05, 0.1) is 12.5 Å². The molecule has 130 valence electrons. The van der Waals surface area contributed by atoms with Gasteiger partial charge in [-0.3, -0.25) is 0 Å². The Kier molecular flexibility index (Phi) is 3.93. The number of hydrogen-bond acceptors (Lipinski definition) is 7. The molecule has 0 fully saturated rings. The first kappa shape index (κ1) is 16.3. The molecule has 0 aliphatic rings. The largest absolute Gasteiger partial charge is 0.507 e. The number of ether oxygens (including phenoxy) is 1. The number of aromatic nitrogens is 2. The highest BCUT2D eigenvalue weighted by molar-refractivity contribution is 7.20. The predicted molar refractivity (Wildman–Crippen MR) is 102 cm³/mol. The minimum absolute atomic E-state index is 0.221. The topological polar surface area (TPSA) is 84.3 Å². The van der Waals surface area contributed by atoms with Crippen molar-refractivity contribution in [1.82, 2.24) is 9.97 Å². The summed E-state index contributed by atoms with van der Waals surface area (Å²) < 4.78 is 4.85. The third kappa shape index (κ3) is 2.53. The minimum Gasteiger partial charge on any atom is -0.507 e. The van der Waals surface area contributed by atoms with Crippen LogP contribution in [0.4, 0.5) is 11.5 Å². The maximum absolute atomic E-state index is 12.0. The van der Waals surface area contributed by atoms with Crippen LogP contribution in [0.15, 0.2) is 42.7 Å². The number of rotatable bonds is 3. The Bertz CT molecular complexity index is 1150. The second kappa shape index (κ2) is 6.27. The van der Waals surface area contributed by atoms with Crippen molar-refractivity contribution in [2.75, 3.05) is 12.4 Å². The third-order valence-electron chi connectivity index (χ3n) is 4.25. The maximum Gasteiger partial charge on any atom is 0.348 e. The van der Waals surface area contributed by atoms with Crippen LogP contribution in [0.1, 0.15) is 15.2 Å². The van der Waals surface area contributed by atoms with Crippen LogP contribution >= 0.6 is 11.3 Å². The van der Waals surface area contributed by atoms with E-state index in [9.17, 15) is 9.90 Å². The first-order chi connectivity index (χ1) is 12.6. The number of aryl methyl sites for hydroxylation is 1. The van der Waals surface area contributed by atoms with Crippen LogP contribution in [0.3, 0.4) is 0 Å². The lowest BCUT2D eigenvalue weighted by Crippen LogP contribution is -2.00. The first-order valence-electron chi connectivity index (χ1n) is 7.90. The molecule has 2 heterocycles. The molecule has 4 aromatic rings. The molecule has 2 aromatic carbocycles. The highest BCUT2D eigenvalue weighted by Gasteiger charge is 2.20. The Morgan fingerprint density at radius 3 is 2.73 bits per heavy atom. The van der Waals surface area contributed by atoms with Gasteiger partial charge in [0.25, 0.3) is 0 Å². The summed E-state index contributed by atoms with van der Waals surface area (Å²) in [6.07, 6.45) is 1.46. The second-order valence-electron chi connectivity index (χ2n) is 5.75. The zero-order chi connectivity index (χ0) is 18.3. The number of nitrogens with zero attached hydrogens (tertiary/aromatic N) is 2. The fraction of sp³-hybridized carbons (Fsp3) is 0.105. The molecule has 7 heteroatoms. The van der Waals surface area contributed by atoms with E-state index in [1.807, 2.05) is 31.2 Å². The Morgan fingerprint density at radius 2 is 1.92 bits per heavy atom. The van der Waals surface area contributed by atoms with Crippen LogP contribution in [-0.4, -0.2) is 28.2 Å². The number of nitrogens with one attached hydrogen (secondary N) is 1. The van der Waals surface area contributed by atoms with Crippen molar-refractivity contribution < 1.29 is 14.6 Å². The summed E-state index contributed by atoms with van der Waals surface area (Å²) in [5, 5.41) is 15.8. The average molecular weight is 365 g/mol. The number of hydrogen-bond donors (Lipinski definition) is 2. The molecule has 0 aliphatic carbocycles. The third-order valence-corrected chi connectivity index (χ3v) is 5.43. The number of esters is 1. The molecule has 0 spiro atoms. The highest BCUT2D eigenvalue weighted by Crippen LogP contribution is 2.37. The monoisotopic (exact) mass is 365 g/mol. The van der Waals surface area contributed by atoms with E-state index in [2.05, 4.69) is 15.3 Å². The van der Waals surface area contributed by atoms with Crippen molar-refractivity contribution in [3.63, 3.8) is 0 Å². The molecule has 0 saturated carbocycles. The summed E-state index contributed by atoms with van der Waals surface area (Å²) in [4.78, 5) is 21.8. The zero-order valence-electron chi connectivity index (χ0n) is 14.1. The van der Waals surface area contributed by atoms with Crippen molar-refractivity contribution in [3.05, 3.63) is 53.2 Å². The highest BCUT2D eigenvalue weighted by atomic mass is 32.1. The Morgan fingerprint density at radius 1 is 1.15 bits per heavy atom. The van der Waals surface area contributed by atoms with E-state index >= 15 is 0 Å². The van der Waals surface area contributed by atoms with E-state index in [0.717, 1.165) is 27.4 Å². The second-order valence-corrected chi connectivity index (χ2v) is 6.75. The van der Waals surface area contributed by atoms with Crippen molar-refractivity contribution in [2.24, 2.45) is 0 Å².